The summed E-state index contributed by atoms with van der Waals surface area (Å²) >= 11 is 0. The standard InChI is InChI=1S/C7H11NO2/c9-7-5-3-1-2-4-6(5)10-8-7/h5-6H,1-4H2,(H,8,9). The average molecular weight is 141 g/mol. The van der Waals surface area contributed by atoms with Crippen LogP contribution in [0.3, 0.4) is 0 Å². The number of hydroxylamine groups is 1. The van der Waals surface area contributed by atoms with E-state index in [0.29, 0.717) is 0 Å². The van der Waals surface area contributed by atoms with Gasteiger partial charge in [0.2, 0.25) is 5.91 Å². The molecule has 1 amide bonds. The summed E-state index contributed by atoms with van der Waals surface area (Å²) < 4.78 is 0. The fraction of sp³-hybridized carbons (Fsp3) is 0.857. The Morgan fingerprint density at radius 2 is 2.20 bits per heavy atom. The number of hydrogen-bond donors (Lipinski definition) is 1. The largest absolute Gasteiger partial charge is 0.272 e. The van der Waals surface area contributed by atoms with Crippen molar-refractivity contribution in [3.63, 3.8) is 0 Å². The second-order valence-electron chi connectivity index (χ2n) is 3.01. The van der Waals surface area contributed by atoms with E-state index in [2.05, 4.69) is 5.48 Å². The summed E-state index contributed by atoms with van der Waals surface area (Å²) in [5.41, 5.74) is 2.42. The van der Waals surface area contributed by atoms with E-state index >= 15 is 0 Å². The smallest absolute Gasteiger partial charge is 0.249 e. The number of amides is 1. The van der Waals surface area contributed by atoms with Crippen molar-refractivity contribution in [1.29, 1.82) is 0 Å². The van der Waals surface area contributed by atoms with Crippen LogP contribution in [0, 0.1) is 5.92 Å². The van der Waals surface area contributed by atoms with Crippen molar-refractivity contribution < 1.29 is 9.63 Å². The predicted octanol–water partition coefficient (Wildman–Crippen LogP) is 0.607. The lowest BCUT2D eigenvalue weighted by atomic mass is 9.87. The van der Waals surface area contributed by atoms with Gasteiger partial charge in [-0.25, -0.2) is 5.48 Å². The van der Waals surface area contributed by atoms with E-state index in [1.807, 2.05) is 0 Å². The lowest BCUT2D eigenvalue weighted by Crippen LogP contribution is -2.24. The van der Waals surface area contributed by atoms with Gasteiger partial charge in [-0.2, -0.15) is 0 Å². The zero-order valence-corrected chi connectivity index (χ0v) is 5.80. The van der Waals surface area contributed by atoms with E-state index in [-0.39, 0.29) is 17.9 Å². The first-order chi connectivity index (χ1) is 4.88. The maximum absolute atomic E-state index is 11.0. The van der Waals surface area contributed by atoms with Gasteiger partial charge in [0.05, 0.1) is 12.0 Å². The number of nitrogens with one attached hydrogen (secondary N) is 1. The van der Waals surface area contributed by atoms with Crippen LogP contribution in [0.2, 0.25) is 0 Å². The molecule has 1 saturated carbocycles. The lowest BCUT2D eigenvalue weighted by molar-refractivity contribution is -0.126. The zero-order chi connectivity index (χ0) is 6.97. The molecule has 1 aliphatic carbocycles. The highest BCUT2D eigenvalue weighted by atomic mass is 16.7. The third-order valence-electron chi connectivity index (χ3n) is 2.35. The molecule has 1 aliphatic heterocycles. The first-order valence-corrected chi connectivity index (χ1v) is 3.83. The van der Waals surface area contributed by atoms with Gasteiger partial charge in [0.1, 0.15) is 0 Å². The van der Waals surface area contributed by atoms with E-state index in [9.17, 15) is 4.79 Å². The fourth-order valence-corrected chi connectivity index (χ4v) is 1.75. The summed E-state index contributed by atoms with van der Waals surface area (Å²) in [5.74, 6) is 0.249. The minimum atomic E-state index is 0.0877. The number of carbonyl (C=O) groups excluding carboxylic acids is 1. The molecule has 0 bridgehead atoms. The first-order valence-electron chi connectivity index (χ1n) is 3.83. The van der Waals surface area contributed by atoms with Crippen LogP contribution in [0.1, 0.15) is 25.7 Å². The minimum absolute atomic E-state index is 0.0877. The summed E-state index contributed by atoms with van der Waals surface area (Å²) in [5, 5.41) is 0. The highest BCUT2D eigenvalue weighted by molar-refractivity contribution is 5.79. The van der Waals surface area contributed by atoms with Crippen LogP contribution in [0.25, 0.3) is 0 Å². The molecule has 0 radical (unpaired) electrons. The van der Waals surface area contributed by atoms with Crippen molar-refractivity contribution in [2.75, 3.05) is 0 Å². The van der Waals surface area contributed by atoms with Crippen LogP contribution in [-0.4, -0.2) is 12.0 Å². The molecule has 0 aromatic heterocycles. The second kappa shape index (κ2) is 2.23. The Morgan fingerprint density at radius 1 is 1.40 bits per heavy atom. The van der Waals surface area contributed by atoms with Crippen LogP contribution >= 0.6 is 0 Å². The van der Waals surface area contributed by atoms with Crippen molar-refractivity contribution >= 4 is 5.91 Å². The lowest BCUT2D eigenvalue weighted by Gasteiger charge is -2.19. The Labute approximate surface area is 59.7 Å². The van der Waals surface area contributed by atoms with Crippen molar-refractivity contribution in [2.24, 2.45) is 5.92 Å². The molecule has 2 aliphatic rings. The van der Waals surface area contributed by atoms with Gasteiger partial charge in [-0.3, -0.25) is 9.63 Å². The second-order valence-corrected chi connectivity index (χ2v) is 3.01. The van der Waals surface area contributed by atoms with Crippen molar-refractivity contribution in [3.8, 4) is 0 Å². The summed E-state index contributed by atoms with van der Waals surface area (Å²) in [6, 6.07) is 0. The summed E-state index contributed by atoms with van der Waals surface area (Å²) in [7, 11) is 0. The third-order valence-corrected chi connectivity index (χ3v) is 2.35. The van der Waals surface area contributed by atoms with E-state index in [4.69, 9.17) is 4.84 Å². The highest BCUT2D eigenvalue weighted by Crippen LogP contribution is 2.29. The van der Waals surface area contributed by atoms with E-state index in [0.717, 1.165) is 12.8 Å². The van der Waals surface area contributed by atoms with Crippen LogP contribution in [0.15, 0.2) is 0 Å². The maximum atomic E-state index is 11.0. The van der Waals surface area contributed by atoms with Crippen LogP contribution in [-0.2, 0) is 9.63 Å². The molecule has 3 heteroatoms. The predicted molar refractivity (Wildman–Crippen MR) is 35.0 cm³/mol. The summed E-state index contributed by atoms with van der Waals surface area (Å²) in [4.78, 5) is 16.0. The number of hydrogen-bond acceptors (Lipinski definition) is 2. The average Bonchev–Trinajstić information content (AvgIpc) is 2.34. The Kier molecular flexibility index (Phi) is 1.38. The molecular formula is C7H11NO2. The van der Waals surface area contributed by atoms with Crippen LogP contribution < -0.4 is 5.48 Å². The van der Waals surface area contributed by atoms with E-state index in [1.54, 1.807) is 0 Å². The number of carbonyl (C=O) groups is 1. The van der Waals surface area contributed by atoms with Crippen molar-refractivity contribution in [1.82, 2.24) is 5.48 Å². The molecule has 56 valence electrons. The highest BCUT2D eigenvalue weighted by Gasteiger charge is 2.37. The van der Waals surface area contributed by atoms with Crippen molar-refractivity contribution in [3.05, 3.63) is 0 Å². The van der Waals surface area contributed by atoms with Gasteiger partial charge in [-0.15, -0.1) is 0 Å². The Hall–Kier alpha value is -0.570. The Balaban J connectivity index is 2.08. The van der Waals surface area contributed by atoms with Gasteiger partial charge in [0, 0.05) is 0 Å². The zero-order valence-electron chi connectivity index (χ0n) is 5.80. The third kappa shape index (κ3) is 0.814. The van der Waals surface area contributed by atoms with Crippen LogP contribution in [0.4, 0.5) is 0 Å². The topological polar surface area (TPSA) is 38.3 Å². The van der Waals surface area contributed by atoms with Gasteiger partial charge in [-0.1, -0.05) is 12.8 Å². The first kappa shape index (κ1) is 6.16. The van der Waals surface area contributed by atoms with Crippen molar-refractivity contribution in [2.45, 2.75) is 31.8 Å². The van der Waals surface area contributed by atoms with E-state index in [1.165, 1.54) is 12.8 Å². The molecule has 2 unspecified atom stereocenters. The summed E-state index contributed by atoms with van der Waals surface area (Å²) in [6.45, 7) is 0. The van der Waals surface area contributed by atoms with Gasteiger partial charge >= 0.3 is 0 Å². The van der Waals surface area contributed by atoms with Crippen LogP contribution in [0.5, 0.6) is 0 Å². The molecule has 0 aromatic carbocycles. The molecule has 1 saturated heterocycles. The SMILES string of the molecule is O=C1NOC2CCCCC12. The molecular weight excluding hydrogens is 130 g/mol. The van der Waals surface area contributed by atoms with Gasteiger partial charge < -0.3 is 0 Å². The maximum Gasteiger partial charge on any atom is 0.249 e. The molecule has 3 nitrogen and oxygen atoms in total. The molecule has 1 N–H and O–H groups in total. The molecule has 2 rings (SSSR count). The normalized spacial score (nSPS) is 39.0. The van der Waals surface area contributed by atoms with E-state index < -0.39 is 0 Å². The molecule has 2 atom stereocenters. The van der Waals surface area contributed by atoms with Gasteiger partial charge in [0.15, 0.2) is 0 Å². The monoisotopic (exact) mass is 141 g/mol. The summed E-state index contributed by atoms with van der Waals surface area (Å²) in [6.07, 6.45) is 4.62. The number of rotatable bonds is 0. The van der Waals surface area contributed by atoms with Gasteiger partial charge in [0.25, 0.3) is 0 Å². The fourth-order valence-electron chi connectivity index (χ4n) is 1.75. The minimum Gasteiger partial charge on any atom is -0.272 e. The Bertz CT molecular complexity index is 158. The number of fused-ring (bicyclic) bond motifs is 1. The molecule has 0 spiro atoms. The quantitative estimate of drug-likeness (QED) is 0.536. The van der Waals surface area contributed by atoms with Gasteiger partial charge in [-0.05, 0) is 12.8 Å². The Morgan fingerprint density at radius 3 is 3.00 bits per heavy atom. The molecule has 2 fully saturated rings. The molecule has 0 aromatic rings. The molecule has 10 heavy (non-hydrogen) atoms. The molecule has 1 heterocycles.